The Hall–Kier alpha value is -1.73. The molecule has 1 aromatic carbocycles. The summed E-state index contributed by atoms with van der Waals surface area (Å²) in [6.45, 7) is 16.5. The van der Waals surface area contributed by atoms with Gasteiger partial charge in [-0.25, -0.2) is 0 Å². The lowest BCUT2D eigenvalue weighted by Crippen LogP contribution is -2.45. The Morgan fingerprint density at radius 2 is 1.44 bits per heavy atom. The van der Waals surface area contributed by atoms with Crippen molar-refractivity contribution in [3.8, 4) is 0 Å². The highest BCUT2D eigenvalue weighted by Gasteiger charge is 2.49. The molecule has 3 heterocycles. The lowest BCUT2D eigenvalue weighted by atomic mass is 9.84. The Labute approximate surface area is 221 Å². The van der Waals surface area contributed by atoms with Gasteiger partial charge in [-0.1, -0.05) is 91.2 Å². The van der Waals surface area contributed by atoms with Gasteiger partial charge in [0.05, 0.1) is 5.16 Å². The van der Waals surface area contributed by atoms with Gasteiger partial charge in [0.15, 0.2) is 0 Å². The molecule has 190 valence electrons. The van der Waals surface area contributed by atoms with Crippen molar-refractivity contribution in [3.05, 3.63) is 89.5 Å². The third kappa shape index (κ3) is 5.42. The highest BCUT2D eigenvalue weighted by molar-refractivity contribution is 7.69. The largest absolute Gasteiger partial charge is 0.300 e. The van der Waals surface area contributed by atoms with Crippen LogP contribution in [0.4, 0.5) is 0 Å². The van der Waals surface area contributed by atoms with Gasteiger partial charge in [0.1, 0.15) is 5.78 Å². The molecule has 1 aliphatic rings. The van der Waals surface area contributed by atoms with Crippen molar-refractivity contribution in [2.45, 2.75) is 81.7 Å². The van der Waals surface area contributed by atoms with Gasteiger partial charge in [-0.05, 0) is 50.5 Å². The van der Waals surface area contributed by atoms with Gasteiger partial charge < -0.3 is 0 Å². The van der Waals surface area contributed by atoms with E-state index in [4.69, 9.17) is 0 Å². The number of carbonyl (C=O) groups is 1. The number of ketones is 1. The summed E-state index contributed by atoms with van der Waals surface area (Å²) in [6.07, 6.45) is 8.93. The Balaban J connectivity index is 2.05. The van der Waals surface area contributed by atoms with Crippen molar-refractivity contribution >= 4 is 36.3 Å². The summed E-state index contributed by atoms with van der Waals surface area (Å²) in [7, 11) is 1.22. The maximum atomic E-state index is 12.8. The van der Waals surface area contributed by atoms with Gasteiger partial charge >= 0.3 is 0 Å². The normalized spacial score (nSPS) is 18.3. The van der Waals surface area contributed by atoms with E-state index in [0.29, 0.717) is 18.6 Å². The predicted octanol–water partition coefficient (Wildman–Crippen LogP) is 7.09. The average molecular weight is 535 g/mol. The number of nitrogens with zero attached hydrogens (tertiary/aromatic N) is 2. The first-order valence-electron chi connectivity index (χ1n) is 12.8. The lowest BCUT2D eigenvalue weighted by Gasteiger charge is -2.51. The van der Waals surface area contributed by atoms with Gasteiger partial charge in [0.25, 0.3) is 0 Å². The molecule has 1 aliphatic heterocycles. The zero-order chi connectivity index (χ0) is 26.4. The Morgan fingerprint density at radius 3 is 1.89 bits per heavy atom. The van der Waals surface area contributed by atoms with Gasteiger partial charge in [-0.15, -0.1) is 9.24 Å². The minimum Gasteiger partial charge on any atom is -0.300 e. The fraction of sp³-hybridized carbons (Fsp3) is 0.433. The fourth-order valence-electron chi connectivity index (χ4n) is 6.14. The van der Waals surface area contributed by atoms with Crippen LogP contribution >= 0.6 is 17.2 Å². The van der Waals surface area contributed by atoms with Crippen molar-refractivity contribution in [1.82, 2.24) is 9.97 Å². The van der Waals surface area contributed by atoms with E-state index in [1.165, 1.54) is 16.4 Å². The van der Waals surface area contributed by atoms with Gasteiger partial charge in [-0.3, -0.25) is 14.8 Å². The Morgan fingerprint density at radius 1 is 0.917 bits per heavy atom. The van der Waals surface area contributed by atoms with Crippen LogP contribution in [0.15, 0.2) is 67.3 Å². The first-order valence-corrected chi connectivity index (χ1v) is 18.4. The van der Waals surface area contributed by atoms with E-state index in [0.717, 1.165) is 17.2 Å². The molecule has 36 heavy (non-hydrogen) atoms. The zero-order valence-corrected chi connectivity index (χ0v) is 25.8. The third-order valence-corrected chi connectivity index (χ3v) is 13.2. The van der Waals surface area contributed by atoms with E-state index in [1.807, 2.05) is 36.9 Å². The number of carbonyl (C=O) groups excluding carboxylic acids is 1. The summed E-state index contributed by atoms with van der Waals surface area (Å²) in [5.74, 6) is 0.386. The molecule has 0 radical (unpaired) electrons. The van der Waals surface area contributed by atoms with Gasteiger partial charge in [-0.2, -0.15) is 0 Å². The molecule has 0 bridgehead atoms. The monoisotopic (exact) mass is 534 g/mol. The number of hydrogen-bond acceptors (Lipinski definition) is 3. The molecule has 3 aromatic rings. The van der Waals surface area contributed by atoms with Crippen LogP contribution < -0.4 is 5.30 Å². The predicted molar refractivity (Wildman–Crippen MR) is 161 cm³/mol. The van der Waals surface area contributed by atoms with E-state index in [2.05, 4.69) is 96.9 Å². The van der Waals surface area contributed by atoms with Crippen molar-refractivity contribution in [2.75, 3.05) is 0 Å². The first kappa shape index (κ1) is 27.3. The van der Waals surface area contributed by atoms with Crippen LogP contribution in [0, 0.1) is 0 Å². The average Bonchev–Trinajstić information content (AvgIpc) is 2.77. The third-order valence-electron chi connectivity index (χ3n) is 7.17. The van der Waals surface area contributed by atoms with E-state index >= 15 is 0 Å². The lowest BCUT2D eigenvalue weighted by molar-refractivity contribution is -0.120. The maximum Gasteiger partial charge on any atom is 0.134 e. The minimum absolute atomic E-state index is 0.0847. The SMILES string of the molecule is CC1(C)CC(=O)CC(C)(C)P1c1ccc(C[Si](C)(C)C)cc1C(P)(c1cccnc1)c1cccnc1. The van der Waals surface area contributed by atoms with Crippen LogP contribution in [0.3, 0.4) is 0 Å². The second-order valence-electron chi connectivity index (χ2n) is 12.7. The summed E-state index contributed by atoms with van der Waals surface area (Å²) in [4.78, 5) is 21.9. The standard InChI is InChI=1S/C30H40N2OP2Si/c1-28(2)17-25(33)18-29(3,4)35(28)27-13-12-22(21-36(5,6)7)16-26(27)30(34,23-10-8-14-31-19-23)24-11-9-15-32-20-24/h8-16,19-20H,17-18,21,34H2,1-7H3. The topological polar surface area (TPSA) is 42.9 Å². The summed E-state index contributed by atoms with van der Waals surface area (Å²) in [5.41, 5.74) is 4.97. The van der Waals surface area contributed by atoms with Crippen LogP contribution in [-0.2, 0) is 16.0 Å². The summed E-state index contributed by atoms with van der Waals surface area (Å²) in [5, 5.41) is 0.732. The molecular formula is C30H40N2OP2Si. The van der Waals surface area contributed by atoms with Crippen LogP contribution in [0.5, 0.6) is 0 Å². The highest BCUT2D eigenvalue weighted by Crippen LogP contribution is 2.65. The molecule has 2 aromatic heterocycles. The Kier molecular flexibility index (Phi) is 7.48. The van der Waals surface area contributed by atoms with Crippen LogP contribution in [0.1, 0.15) is 62.8 Å². The molecule has 1 saturated heterocycles. The second kappa shape index (κ2) is 9.86. The second-order valence-corrected chi connectivity index (χ2v) is 22.6. The first-order chi connectivity index (χ1) is 16.7. The highest BCUT2D eigenvalue weighted by atomic mass is 31.1. The van der Waals surface area contributed by atoms with Crippen molar-refractivity contribution in [2.24, 2.45) is 0 Å². The number of hydrogen-bond donors (Lipinski definition) is 0. The summed E-state index contributed by atoms with van der Waals surface area (Å²) >= 11 is 0. The molecule has 1 unspecified atom stereocenters. The van der Waals surface area contributed by atoms with Gasteiger partial charge in [0.2, 0.25) is 0 Å². The quantitative estimate of drug-likeness (QED) is 0.250. The molecule has 0 saturated carbocycles. The molecule has 1 atom stereocenters. The maximum absolute atomic E-state index is 12.8. The van der Waals surface area contributed by atoms with E-state index in [1.54, 1.807) is 0 Å². The molecule has 4 rings (SSSR count). The summed E-state index contributed by atoms with van der Waals surface area (Å²) in [6, 6.07) is 16.8. The molecule has 0 spiro atoms. The number of Topliss-reactive ketones (excluding diaryl/α,β-unsaturated/α-hetero) is 1. The van der Waals surface area contributed by atoms with Gasteiger partial charge in [0, 0.05) is 45.7 Å². The Bertz CT molecular complexity index is 1180. The smallest absolute Gasteiger partial charge is 0.134 e. The van der Waals surface area contributed by atoms with Crippen molar-refractivity contribution in [1.29, 1.82) is 0 Å². The minimum atomic E-state index is -1.33. The molecule has 3 nitrogen and oxygen atoms in total. The number of benzene rings is 1. The summed E-state index contributed by atoms with van der Waals surface area (Å²) < 4.78 is 0. The molecule has 1 fully saturated rings. The van der Waals surface area contributed by atoms with Crippen molar-refractivity contribution in [3.63, 3.8) is 0 Å². The zero-order valence-electron chi connectivity index (χ0n) is 22.8. The van der Waals surface area contributed by atoms with Crippen molar-refractivity contribution < 1.29 is 4.79 Å². The van der Waals surface area contributed by atoms with E-state index in [9.17, 15) is 4.79 Å². The number of rotatable bonds is 6. The molecule has 0 N–H and O–H groups in total. The number of aromatic nitrogens is 2. The van der Waals surface area contributed by atoms with Crippen LogP contribution in [0.25, 0.3) is 0 Å². The van der Waals surface area contributed by atoms with Crippen LogP contribution in [-0.4, -0.2) is 34.1 Å². The molecule has 0 amide bonds. The van der Waals surface area contributed by atoms with Crippen LogP contribution in [0.2, 0.25) is 19.6 Å². The van der Waals surface area contributed by atoms with E-state index in [-0.39, 0.29) is 10.3 Å². The van der Waals surface area contributed by atoms with E-state index < -0.39 is 21.2 Å². The fourth-order valence-corrected chi connectivity index (χ4v) is 12.6. The molecular weight excluding hydrogens is 494 g/mol. The molecule has 6 heteroatoms. The number of pyridine rings is 2. The molecule has 0 aliphatic carbocycles.